The van der Waals surface area contributed by atoms with Crippen LogP contribution in [0.3, 0.4) is 0 Å². The maximum absolute atomic E-state index is 11.7. The van der Waals surface area contributed by atoms with E-state index in [4.69, 9.17) is 9.47 Å². The van der Waals surface area contributed by atoms with Gasteiger partial charge in [-0.25, -0.2) is 4.79 Å². The van der Waals surface area contributed by atoms with Crippen molar-refractivity contribution in [1.82, 2.24) is 0 Å². The summed E-state index contributed by atoms with van der Waals surface area (Å²) in [6.07, 6.45) is -0.729. The molecule has 2 rings (SSSR count). The van der Waals surface area contributed by atoms with Gasteiger partial charge in [-0.15, -0.1) is 0 Å². The van der Waals surface area contributed by atoms with E-state index in [-0.39, 0.29) is 12.3 Å². The van der Waals surface area contributed by atoms with E-state index in [0.717, 1.165) is 16.7 Å². The number of carbonyl (C=O) groups is 1. The SMILES string of the molecule is COc1ccc(C)cc1CC(Oc1ccccc1C(C)C)C(=O)O. The Hall–Kier alpha value is -2.49. The van der Waals surface area contributed by atoms with Crippen molar-refractivity contribution in [2.75, 3.05) is 7.11 Å². The fraction of sp³-hybridized carbons (Fsp3) is 0.350. The molecule has 0 saturated carbocycles. The van der Waals surface area contributed by atoms with Crippen molar-refractivity contribution in [2.45, 2.75) is 39.2 Å². The Morgan fingerprint density at radius 3 is 2.46 bits per heavy atom. The summed E-state index contributed by atoms with van der Waals surface area (Å²) in [5.41, 5.74) is 2.88. The minimum atomic E-state index is -0.989. The summed E-state index contributed by atoms with van der Waals surface area (Å²) in [6, 6.07) is 13.3. The van der Waals surface area contributed by atoms with Gasteiger partial charge in [-0.05, 0) is 36.1 Å². The zero-order chi connectivity index (χ0) is 17.7. The molecule has 0 aliphatic carbocycles. The Morgan fingerprint density at radius 1 is 1.12 bits per heavy atom. The Balaban J connectivity index is 2.29. The van der Waals surface area contributed by atoms with Gasteiger partial charge >= 0.3 is 5.97 Å². The van der Waals surface area contributed by atoms with Crippen LogP contribution in [0, 0.1) is 6.92 Å². The van der Waals surface area contributed by atoms with Crippen LogP contribution in [0.4, 0.5) is 0 Å². The highest BCUT2D eigenvalue weighted by atomic mass is 16.5. The molecule has 1 atom stereocenters. The van der Waals surface area contributed by atoms with Gasteiger partial charge in [0.1, 0.15) is 11.5 Å². The zero-order valence-electron chi connectivity index (χ0n) is 14.6. The van der Waals surface area contributed by atoms with E-state index in [0.29, 0.717) is 11.5 Å². The fourth-order valence-electron chi connectivity index (χ4n) is 2.66. The second kappa shape index (κ2) is 7.86. The standard InChI is InChI=1S/C20H24O4/c1-13(2)16-7-5-6-8-18(16)24-19(20(21)22)12-15-11-14(3)9-10-17(15)23-4/h5-11,13,19H,12H2,1-4H3,(H,21,22). The molecule has 0 amide bonds. The lowest BCUT2D eigenvalue weighted by Crippen LogP contribution is -2.30. The number of aliphatic carboxylic acids is 1. The van der Waals surface area contributed by atoms with Crippen LogP contribution >= 0.6 is 0 Å². The average molecular weight is 328 g/mol. The van der Waals surface area contributed by atoms with Crippen LogP contribution in [0.1, 0.15) is 36.5 Å². The number of benzene rings is 2. The van der Waals surface area contributed by atoms with Crippen LogP contribution in [-0.4, -0.2) is 24.3 Å². The normalized spacial score (nSPS) is 12.0. The summed E-state index contributed by atoms with van der Waals surface area (Å²) < 4.78 is 11.2. The van der Waals surface area contributed by atoms with E-state index < -0.39 is 12.1 Å². The monoisotopic (exact) mass is 328 g/mol. The molecule has 2 aromatic rings. The van der Waals surface area contributed by atoms with E-state index in [2.05, 4.69) is 13.8 Å². The summed E-state index contributed by atoms with van der Waals surface area (Å²) in [5, 5.41) is 9.59. The van der Waals surface area contributed by atoms with Crippen molar-refractivity contribution in [3.05, 3.63) is 59.2 Å². The Bertz CT molecular complexity index is 707. The molecular formula is C20H24O4. The lowest BCUT2D eigenvalue weighted by atomic mass is 10.0. The maximum atomic E-state index is 11.7. The molecule has 2 aromatic carbocycles. The third-order valence-corrected chi connectivity index (χ3v) is 3.93. The summed E-state index contributed by atoms with van der Waals surface area (Å²) in [4.78, 5) is 11.7. The average Bonchev–Trinajstić information content (AvgIpc) is 2.54. The lowest BCUT2D eigenvalue weighted by molar-refractivity contribution is -0.145. The van der Waals surface area contributed by atoms with Crippen LogP contribution in [0.2, 0.25) is 0 Å². The Labute approximate surface area is 143 Å². The molecule has 128 valence electrons. The number of para-hydroxylation sites is 1. The summed E-state index contributed by atoms with van der Waals surface area (Å²) in [7, 11) is 1.58. The summed E-state index contributed by atoms with van der Waals surface area (Å²) >= 11 is 0. The van der Waals surface area contributed by atoms with Gasteiger partial charge in [-0.1, -0.05) is 49.7 Å². The van der Waals surface area contributed by atoms with Crippen molar-refractivity contribution in [3.63, 3.8) is 0 Å². The molecule has 1 unspecified atom stereocenters. The number of rotatable bonds is 7. The van der Waals surface area contributed by atoms with Gasteiger partial charge in [0.2, 0.25) is 0 Å². The van der Waals surface area contributed by atoms with Crippen LogP contribution < -0.4 is 9.47 Å². The number of aryl methyl sites for hydroxylation is 1. The van der Waals surface area contributed by atoms with Crippen molar-refractivity contribution in [2.24, 2.45) is 0 Å². The van der Waals surface area contributed by atoms with E-state index in [9.17, 15) is 9.90 Å². The van der Waals surface area contributed by atoms with Crippen LogP contribution in [0.25, 0.3) is 0 Å². The molecule has 4 heteroatoms. The number of carboxylic acids is 1. The van der Waals surface area contributed by atoms with Gasteiger partial charge < -0.3 is 14.6 Å². The molecule has 0 heterocycles. The van der Waals surface area contributed by atoms with Crippen LogP contribution in [0.5, 0.6) is 11.5 Å². The molecule has 0 spiro atoms. The zero-order valence-corrected chi connectivity index (χ0v) is 14.6. The first-order valence-corrected chi connectivity index (χ1v) is 8.04. The number of carboxylic acid groups (broad SMARTS) is 1. The first-order chi connectivity index (χ1) is 11.4. The van der Waals surface area contributed by atoms with Crippen molar-refractivity contribution >= 4 is 5.97 Å². The maximum Gasteiger partial charge on any atom is 0.345 e. The smallest absolute Gasteiger partial charge is 0.345 e. The molecule has 24 heavy (non-hydrogen) atoms. The molecule has 0 bridgehead atoms. The highest BCUT2D eigenvalue weighted by Gasteiger charge is 2.23. The quantitative estimate of drug-likeness (QED) is 0.827. The van der Waals surface area contributed by atoms with Crippen molar-refractivity contribution in [1.29, 1.82) is 0 Å². The predicted molar refractivity (Wildman–Crippen MR) is 94.0 cm³/mol. The van der Waals surface area contributed by atoms with Crippen molar-refractivity contribution < 1.29 is 19.4 Å². The molecule has 4 nitrogen and oxygen atoms in total. The fourth-order valence-corrected chi connectivity index (χ4v) is 2.66. The molecule has 0 fully saturated rings. The number of methoxy groups -OCH3 is 1. The highest BCUT2D eigenvalue weighted by Crippen LogP contribution is 2.28. The Morgan fingerprint density at radius 2 is 1.83 bits per heavy atom. The molecule has 0 radical (unpaired) electrons. The second-order valence-corrected chi connectivity index (χ2v) is 6.16. The van der Waals surface area contributed by atoms with E-state index in [1.54, 1.807) is 7.11 Å². The molecule has 0 aliphatic heterocycles. The lowest BCUT2D eigenvalue weighted by Gasteiger charge is -2.20. The number of ether oxygens (including phenoxy) is 2. The topological polar surface area (TPSA) is 55.8 Å². The third-order valence-electron chi connectivity index (χ3n) is 3.93. The minimum absolute atomic E-state index is 0.243. The van der Waals surface area contributed by atoms with E-state index >= 15 is 0 Å². The van der Waals surface area contributed by atoms with Gasteiger partial charge in [0.25, 0.3) is 0 Å². The predicted octanol–water partition coefficient (Wildman–Crippen LogP) is 4.20. The first kappa shape index (κ1) is 17.9. The summed E-state index contributed by atoms with van der Waals surface area (Å²) in [5.74, 6) is 0.556. The number of hydrogen-bond donors (Lipinski definition) is 1. The van der Waals surface area contributed by atoms with E-state index in [1.807, 2.05) is 49.4 Å². The highest BCUT2D eigenvalue weighted by molar-refractivity contribution is 5.73. The third kappa shape index (κ3) is 4.28. The minimum Gasteiger partial charge on any atom is -0.496 e. The largest absolute Gasteiger partial charge is 0.496 e. The van der Waals surface area contributed by atoms with Gasteiger partial charge in [-0.2, -0.15) is 0 Å². The molecule has 0 aliphatic rings. The van der Waals surface area contributed by atoms with Gasteiger partial charge in [0.05, 0.1) is 7.11 Å². The van der Waals surface area contributed by atoms with Crippen LogP contribution in [0.15, 0.2) is 42.5 Å². The second-order valence-electron chi connectivity index (χ2n) is 6.16. The number of hydrogen-bond acceptors (Lipinski definition) is 3. The molecular weight excluding hydrogens is 304 g/mol. The van der Waals surface area contributed by atoms with Crippen molar-refractivity contribution in [3.8, 4) is 11.5 Å². The molecule has 0 aromatic heterocycles. The Kier molecular flexibility index (Phi) is 5.85. The van der Waals surface area contributed by atoms with Gasteiger partial charge in [0, 0.05) is 6.42 Å². The van der Waals surface area contributed by atoms with Gasteiger partial charge in [0.15, 0.2) is 6.10 Å². The van der Waals surface area contributed by atoms with Crippen LogP contribution in [-0.2, 0) is 11.2 Å². The molecule has 0 saturated heterocycles. The van der Waals surface area contributed by atoms with Gasteiger partial charge in [-0.3, -0.25) is 0 Å². The summed E-state index contributed by atoms with van der Waals surface area (Å²) in [6.45, 7) is 6.08. The first-order valence-electron chi connectivity index (χ1n) is 8.04. The molecule has 1 N–H and O–H groups in total. The van der Waals surface area contributed by atoms with E-state index in [1.165, 1.54) is 0 Å².